The van der Waals surface area contributed by atoms with Crippen molar-refractivity contribution in [2.24, 2.45) is 0 Å². The van der Waals surface area contributed by atoms with Crippen LogP contribution in [0, 0.1) is 0 Å². The van der Waals surface area contributed by atoms with Gasteiger partial charge < -0.3 is 4.74 Å². The van der Waals surface area contributed by atoms with Crippen molar-refractivity contribution in [2.45, 2.75) is 11.8 Å². The normalized spacial score (nSPS) is 11.3. The van der Waals surface area contributed by atoms with E-state index in [2.05, 4.69) is 0 Å². The summed E-state index contributed by atoms with van der Waals surface area (Å²) in [6.45, 7) is 1.13. The molecule has 140 valence electrons. The average Bonchev–Trinajstić information content (AvgIpc) is 2.57. The Hall–Kier alpha value is -1.18. The van der Waals surface area contributed by atoms with Gasteiger partial charge in [-0.3, -0.25) is 9.10 Å². The van der Waals surface area contributed by atoms with Crippen LogP contribution < -0.4 is 4.31 Å². The molecule has 0 unspecified atom stereocenters. The van der Waals surface area contributed by atoms with Crippen LogP contribution >= 0.6 is 46.4 Å². The Morgan fingerprint density at radius 1 is 1.00 bits per heavy atom. The van der Waals surface area contributed by atoms with E-state index in [9.17, 15) is 13.2 Å². The summed E-state index contributed by atoms with van der Waals surface area (Å²) in [6, 6.07) is 8.09. The zero-order chi connectivity index (χ0) is 19.5. The number of nitrogens with zero attached hydrogens (tertiary/aromatic N) is 1. The van der Waals surface area contributed by atoms with Gasteiger partial charge in [0.25, 0.3) is 10.0 Å². The Morgan fingerprint density at radius 3 is 2.27 bits per heavy atom. The molecule has 0 N–H and O–H groups in total. The fourth-order valence-electron chi connectivity index (χ4n) is 2.07. The van der Waals surface area contributed by atoms with Crippen molar-refractivity contribution in [1.82, 2.24) is 0 Å². The topological polar surface area (TPSA) is 63.7 Å². The van der Waals surface area contributed by atoms with Crippen molar-refractivity contribution >= 4 is 68.1 Å². The SMILES string of the molecule is CCOC(=O)CN(c1cc(Cl)ccc1Cl)S(=O)(=O)c1ccc(Cl)c(Cl)c1. The first-order chi connectivity index (χ1) is 12.2. The van der Waals surface area contributed by atoms with E-state index in [4.69, 9.17) is 51.1 Å². The molecule has 5 nitrogen and oxygen atoms in total. The quantitative estimate of drug-likeness (QED) is 0.570. The summed E-state index contributed by atoms with van der Waals surface area (Å²) in [5.74, 6) is -0.743. The van der Waals surface area contributed by atoms with Gasteiger partial charge in [-0.1, -0.05) is 46.4 Å². The highest BCUT2D eigenvalue weighted by Gasteiger charge is 2.30. The Kier molecular flexibility index (Phi) is 7.05. The average molecular weight is 457 g/mol. The lowest BCUT2D eigenvalue weighted by molar-refractivity contribution is -0.141. The molecule has 0 aliphatic carbocycles. The van der Waals surface area contributed by atoms with Gasteiger partial charge in [0, 0.05) is 5.02 Å². The second kappa shape index (κ2) is 8.67. The Labute approximate surface area is 171 Å². The summed E-state index contributed by atoms with van der Waals surface area (Å²) < 4.78 is 31.9. The molecule has 0 aliphatic heterocycles. The van der Waals surface area contributed by atoms with E-state index < -0.39 is 22.5 Å². The number of hydrogen-bond donors (Lipinski definition) is 0. The predicted octanol–water partition coefficient (Wildman–Crippen LogP) is 5.06. The maximum Gasteiger partial charge on any atom is 0.326 e. The van der Waals surface area contributed by atoms with E-state index in [1.807, 2.05) is 0 Å². The number of esters is 1. The summed E-state index contributed by atoms with van der Waals surface area (Å²) in [5, 5.41) is 0.606. The van der Waals surface area contributed by atoms with Crippen molar-refractivity contribution in [3.8, 4) is 0 Å². The minimum atomic E-state index is -4.20. The number of rotatable bonds is 6. The van der Waals surface area contributed by atoms with Crippen LogP contribution in [-0.2, 0) is 19.6 Å². The van der Waals surface area contributed by atoms with E-state index in [0.29, 0.717) is 0 Å². The first-order valence-electron chi connectivity index (χ1n) is 7.25. The lowest BCUT2D eigenvalue weighted by Gasteiger charge is -2.25. The van der Waals surface area contributed by atoms with Gasteiger partial charge in [0.1, 0.15) is 6.54 Å². The highest BCUT2D eigenvalue weighted by atomic mass is 35.5. The summed E-state index contributed by atoms with van der Waals surface area (Å²) in [6.07, 6.45) is 0. The molecule has 0 aromatic heterocycles. The standard InChI is InChI=1S/C16H13Cl4NO4S/c1-2-25-16(22)9-21(15-7-10(17)3-5-13(15)19)26(23,24)11-4-6-12(18)14(20)8-11/h3-8H,2,9H2,1H3. The summed E-state index contributed by atoms with van der Waals surface area (Å²) in [4.78, 5) is 11.8. The number of sulfonamides is 1. The first kappa shape index (κ1) is 21.1. The van der Waals surface area contributed by atoms with Gasteiger partial charge >= 0.3 is 5.97 Å². The van der Waals surface area contributed by atoms with Crippen LogP contribution in [0.3, 0.4) is 0 Å². The molecule has 0 bridgehead atoms. The fourth-order valence-corrected chi connectivity index (χ4v) is 4.31. The molecule has 0 fully saturated rings. The zero-order valence-corrected chi connectivity index (χ0v) is 17.2. The monoisotopic (exact) mass is 455 g/mol. The van der Waals surface area contributed by atoms with Crippen molar-refractivity contribution in [3.05, 3.63) is 56.5 Å². The number of hydrogen-bond acceptors (Lipinski definition) is 4. The summed E-state index contributed by atoms with van der Waals surface area (Å²) in [5.41, 5.74) is 0.0401. The second-order valence-corrected chi connectivity index (χ2v) is 8.51. The molecule has 0 amide bonds. The third-order valence-corrected chi connectivity index (χ3v) is 6.28. The van der Waals surface area contributed by atoms with Crippen LogP contribution in [0.5, 0.6) is 0 Å². The van der Waals surface area contributed by atoms with E-state index in [1.165, 1.54) is 36.4 Å². The van der Waals surface area contributed by atoms with Gasteiger partial charge in [0.05, 0.1) is 32.3 Å². The smallest absolute Gasteiger partial charge is 0.326 e. The van der Waals surface area contributed by atoms with Crippen LogP contribution in [0.2, 0.25) is 20.1 Å². The Balaban J connectivity index is 2.59. The van der Waals surface area contributed by atoms with Gasteiger partial charge in [0.2, 0.25) is 0 Å². The largest absolute Gasteiger partial charge is 0.465 e. The van der Waals surface area contributed by atoms with Crippen LogP contribution in [-0.4, -0.2) is 27.5 Å². The number of anilines is 1. The summed E-state index contributed by atoms with van der Waals surface area (Å²) in [7, 11) is -4.20. The lowest BCUT2D eigenvalue weighted by atomic mass is 10.3. The Bertz CT molecular complexity index is 934. The van der Waals surface area contributed by atoms with Gasteiger partial charge in [-0.25, -0.2) is 8.42 Å². The van der Waals surface area contributed by atoms with Gasteiger partial charge in [-0.2, -0.15) is 0 Å². The summed E-state index contributed by atoms with van der Waals surface area (Å²) >= 11 is 23.9. The van der Waals surface area contributed by atoms with Crippen LogP contribution in [0.25, 0.3) is 0 Å². The predicted molar refractivity (Wildman–Crippen MR) is 104 cm³/mol. The highest BCUT2D eigenvalue weighted by molar-refractivity contribution is 7.92. The molecule has 0 aliphatic rings. The number of halogens is 4. The minimum absolute atomic E-state index is 0.0401. The third-order valence-electron chi connectivity index (χ3n) is 3.23. The van der Waals surface area contributed by atoms with Crippen molar-refractivity contribution < 1.29 is 17.9 Å². The Morgan fingerprint density at radius 2 is 1.65 bits per heavy atom. The molecule has 2 rings (SSSR count). The molecular weight excluding hydrogens is 444 g/mol. The minimum Gasteiger partial charge on any atom is -0.465 e. The molecule has 0 radical (unpaired) electrons. The molecule has 0 saturated carbocycles. The van der Waals surface area contributed by atoms with Gasteiger partial charge in [-0.05, 0) is 43.3 Å². The van der Waals surface area contributed by atoms with Gasteiger partial charge in [-0.15, -0.1) is 0 Å². The van der Waals surface area contributed by atoms with Crippen molar-refractivity contribution in [3.63, 3.8) is 0 Å². The molecule has 0 saturated heterocycles. The molecular formula is C16H13Cl4NO4S. The second-order valence-electron chi connectivity index (χ2n) is 4.99. The molecule has 2 aromatic rings. The number of benzene rings is 2. The number of carbonyl (C=O) groups is 1. The van der Waals surface area contributed by atoms with Crippen molar-refractivity contribution in [2.75, 3.05) is 17.5 Å². The van der Waals surface area contributed by atoms with Crippen LogP contribution in [0.15, 0.2) is 41.3 Å². The third kappa shape index (κ3) is 4.75. The van der Waals surface area contributed by atoms with Gasteiger partial charge in [0.15, 0.2) is 0 Å². The van der Waals surface area contributed by atoms with E-state index in [-0.39, 0.29) is 37.3 Å². The molecule has 10 heteroatoms. The van der Waals surface area contributed by atoms with Crippen LogP contribution in [0.4, 0.5) is 5.69 Å². The van der Waals surface area contributed by atoms with Crippen molar-refractivity contribution in [1.29, 1.82) is 0 Å². The van der Waals surface area contributed by atoms with E-state index >= 15 is 0 Å². The zero-order valence-electron chi connectivity index (χ0n) is 13.4. The molecule has 0 spiro atoms. The van der Waals surface area contributed by atoms with E-state index in [1.54, 1.807) is 6.92 Å². The molecule has 26 heavy (non-hydrogen) atoms. The molecule has 0 atom stereocenters. The fraction of sp³-hybridized carbons (Fsp3) is 0.188. The number of carbonyl (C=O) groups excluding carboxylic acids is 1. The lowest BCUT2D eigenvalue weighted by Crippen LogP contribution is -2.36. The van der Waals surface area contributed by atoms with Crippen LogP contribution in [0.1, 0.15) is 6.92 Å². The highest BCUT2D eigenvalue weighted by Crippen LogP contribution is 2.34. The molecule has 2 aromatic carbocycles. The first-order valence-corrected chi connectivity index (χ1v) is 10.2. The van der Waals surface area contributed by atoms with E-state index in [0.717, 1.165) is 4.31 Å². The molecule has 0 heterocycles. The maximum atomic E-state index is 13.1. The number of ether oxygens (including phenoxy) is 1. The maximum absolute atomic E-state index is 13.1.